The predicted molar refractivity (Wildman–Crippen MR) is 115 cm³/mol. The molecule has 0 heterocycles. The van der Waals surface area contributed by atoms with E-state index in [9.17, 15) is 8.42 Å². The lowest BCUT2D eigenvalue weighted by Crippen LogP contribution is -2.23. The second-order valence-corrected chi connectivity index (χ2v) is 7.88. The van der Waals surface area contributed by atoms with Crippen LogP contribution in [0.3, 0.4) is 0 Å². The molecule has 3 N–H and O–H groups in total. The molecule has 0 aliphatic rings. The summed E-state index contributed by atoms with van der Waals surface area (Å²) in [5.74, 6) is 0.457. The Kier molecular flexibility index (Phi) is 8.91. The fourth-order valence-electron chi connectivity index (χ4n) is 2.29. The van der Waals surface area contributed by atoms with Crippen LogP contribution in [0.1, 0.15) is 17.5 Å². The van der Waals surface area contributed by atoms with Gasteiger partial charge in [-0.1, -0.05) is 42.5 Å². The first-order valence-corrected chi connectivity index (χ1v) is 9.65. The summed E-state index contributed by atoms with van der Waals surface area (Å²) < 4.78 is 24.2. The Labute approximate surface area is 166 Å². The maximum atomic E-state index is 12.1. The highest BCUT2D eigenvalue weighted by atomic mass is 127. The molecule has 5 nitrogen and oxygen atoms in total. The van der Waals surface area contributed by atoms with Crippen LogP contribution in [0.25, 0.3) is 0 Å². The van der Waals surface area contributed by atoms with E-state index < -0.39 is 9.84 Å². The van der Waals surface area contributed by atoms with Crippen molar-refractivity contribution >= 4 is 45.5 Å². The van der Waals surface area contributed by atoms with Crippen LogP contribution in [0.4, 0.5) is 5.69 Å². The highest BCUT2D eigenvalue weighted by Gasteiger charge is 2.11. The Balaban J connectivity index is 0.00000312. The van der Waals surface area contributed by atoms with Gasteiger partial charge in [0.2, 0.25) is 0 Å². The number of hydrogen-bond acceptors (Lipinski definition) is 3. The first kappa shape index (κ1) is 21.4. The summed E-state index contributed by atoms with van der Waals surface area (Å²) in [7, 11) is -3.13. The molecule has 136 valence electrons. The molecule has 0 spiro atoms. The molecule has 0 aromatic heterocycles. The number of aryl methyl sites for hydroxylation is 1. The molecule has 0 aliphatic heterocycles. The van der Waals surface area contributed by atoms with Gasteiger partial charge >= 0.3 is 0 Å². The maximum Gasteiger partial charge on any atom is 0.193 e. The second-order valence-electron chi connectivity index (χ2n) is 5.69. The minimum Gasteiger partial charge on any atom is -0.370 e. The SMILES string of the molecule is Cc1cccc(NC(N)=NCCCS(=O)(=O)Cc2ccccc2)c1.I. The number of anilines is 1. The van der Waals surface area contributed by atoms with Crippen molar-refractivity contribution < 1.29 is 8.42 Å². The van der Waals surface area contributed by atoms with Gasteiger partial charge in [-0.15, -0.1) is 24.0 Å². The summed E-state index contributed by atoms with van der Waals surface area (Å²) in [5.41, 5.74) is 8.62. The van der Waals surface area contributed by atoms with Crippen LogP contribution in [0.15, 0.2) is 59.6 Å². The second kappa shape index (κ2) is 10.4. The van der Waals surface area contributed by atoms with Gasteiger partial charge in [0.1, 0.15) is 0 Å². The van der Waals surface area contributed by atoms with Crippen molar-refractivity contribution in [2.75, 3.05) is 17.6 Å². The van der Waals surface area contributed by atoms with E-state index in [4.69, 9.17) is 5.73 Å². The molecule has 0 bridgehead atoms. The molecule has 0 fully saturated rings. The minimum atomic E-state index is -3.13. The highest BCUT2D eigenvalue weighted by molar-refractivity contribution is 14.0. The molecule has 2 aromatic carbocycles. The van der Waals surface area contributed by atoms with Crippen LogP contribution in [-0.4, -0.2) is 26.7 Å². The Morgan fingerprint density at radius 3 is 2.52 bits per heavy atom. The summed E-state index contributed by atoms with van der Waals surface area (Å²) in [6.07, 6.45) is 0.450. The number of halogens is 1. The quantitative estimate of drug-likeness (QED) is 0.280. The van der Waals surface area contributed by atoms with Crippen LogP contribution in [-0.2, 0) is 15.6 Å². The molecule has 2 aromatic rings. The summed E-state index contributed by atoms with van der Waals surface area (Å²) in [4.78, 5) is 4.18. The van der Waals surface area contributed by atoms with Crippen molar-refractivity contribution in [2.45, 2.75) is 19.1 Å². The number of nitrogens with two attached hydrogens (primary N) is 1. The van der Waals surface area contributed by atoms with Gasteiger partial charge in [-0.25, -0.2) is 8.42 Å². The number of rotatable bonds is 7. The molecule has 0 saturated carbocycles. The summed E-state index contributed by atoms with van der Waals surface area (Å²) in [6, 6.07) is 17.0. The monoisotopic (exact) mass is 473 g/mol. The zero-order valence-electron chi connectivity index (χ0n) is 14.2. The molecule has 7 heteroatoms. The van der Waals surface area contributed by atoms with Crippen LogP contribution >= 0.6 is 24.0 Å². The van der Waals surface area contributed by atoms with Crippen LogP contribution < -0.4 is 11.1 Å². The van der Waals surface area contributed by atoms with E-state index in [1.54, 1.807) is 0 Å². The van der Waals surface area contributed by atoms with E-state index in [0.29, 0.717) is 18.9 Å². The smallest absolute Gasteiger partial charge is 0.193 e. The van der Waals surface area contributed by atoms with Crippen molar-refractivity contribution in [2.24, 2.45) is 10.7 Å². The highest BCUT2D eigenvalue weighted by Crippen LogP contribution is 2.09. The first-order valence-electron chi connectivity index (χ1n) is 7.82. The Morgan fingerprint density at radius 2 is 1.84 bits per heavy atom. The van der Waals surface area contributed by atoms with Crippen LogP contribution in [0.5, 0.6) is 0 Å². The lowest BCUT2D eigenvalue weighted by Gasteiger charge is -2.07. The van der Waals surface area contributed by atoms with Gasteiger partial charge in [0.15, 0.2) is 15.8 Å². The normalized spacial score (nSPS) is 11.6. The van der Waals surface area contributed by atoms with E-state index in [1.807, 2.05) is 61.5 Å². The van der Waals surface area contributed by atoms with Gasteiger partial charge < -0.3 is 11.1 Å². The molecular weight excluding hydrogens is 449 g/mol. The number of nitrogens with one attached hydrogen (secondary N) is 1. The van der Waals surface area contributed by atoms with Crippen molar-refractivity contribution in [3.63, 3.8) is 0 Å². The van der Waals surface area contributed by atoms with Gasteiger partial charge in [-0.05, 0) is 36.6 Å². The number of nitrogens with zero attached hydrogens (tertiary/aromatic N) is 1. The zero-order chi connectivity index (χ0) is 17.4. The van der Waals surface area contributed by atoms with E-state index in [2.05, 4.69) is 10.3 Å². The van der Waals surface area contributed by atoms with Crippen molar-refractivity contribution in [3.05, 3.63) is 65.7 Å². The topological polar surface area (TPSA) is 84.5 Å². The number of aliphatic imine (C=N–C) groups is 1. The molecule has 0 unspecified atom stereocenters. The van der Waals surface area contributed by atoms with Crippen LogP contribution in [0.2, 0.25) is 0 Å². The first-order chi connectivity index (χ1) is 11.4. The third-order valence-corrected chi connectivity index (χ3v) is 5.10. The number of sulfone groups is 1. The average Bonchev–Trinajstić information content (AvgIpc) is 2.52. The van der Waals surface area contributed by atoms with E-state index in [-0.39, 0.29) is 35.5 Å². The van der Waals surface area contributed by atoms with Crippen LogP contribution in [0, 0.1) is 6.92 Å². The summed E-state index contributed by atoms with van der Waals surface area (Å²) in [5, 5.41) is 3.00. The van der Waals surface area contributed by atoms with Gasteiger partial charge in [0.25, 0.3) is 0 Å². The number of hydrogen-bond donors (Lipinski definition) is 2. The van der Waals surface area contributed by atoms with E-state index >= 15 is 0 Å². The Hall–Kier alpha value is -1.61. The molecule has 0 amide bonds. The summed E-state index contributed by atoms with van der Waals surface area (Å²) >= 11 is 0. The van der Waals surface area contributed by atoms with E-state index in [0.717, 1.165) is 16.8 Å². The number of guanidine groups is 1. The van der Waals surface area contributed by atoms with Crippen molar-refractivity contribution in [3.8, 4) is 0 Å². The molecule has 25 heavy (non-hydrogen) atoms. The maximum absolute atomic E-state index is 12.1. The lowest BCUT2D eigenvalue weighted by molar-refractivity contribution is 0.593. The fourth-order valence-corrected chi connectivity index (χ4v) is 3.71. The van der Waals surface area contributed by atoms with Crippen molar-refractivity contribution in [1.29, 1.82) is 0 Å². The molecule has 0 aliphatic carbocycles. The van der Waals surface area contributed by atoms with Gasteiger partial charge in [0.05, 0.1) is 11.5 Å². The fraction of sp³-hybridized carbons (Fsp3) is 0.278. The Morgan fingerprint density at radius 1 is 1.12 bits per heavy atom. The van der Waals surface area contributed by atoms with Crippen molar-refractivity contribution in [1.82, 2.24) is 0 Å². The number of benzene rings is 2. The minimum absolute atomic E-state index is 0. The lowest BCUT2D eigenvalue weighted by atomic mass is 10.2. The summed E-state index contributed by atoms with van der Waals surface area (Å²) in [6.45, 7) is 2.37. The van der Waals surface area contributed by atoms with Gasteiger partial charge in [0, 0.05) is 12.2 Å². The largest absolute Gasteiger partial charge is 0.370 e. The zero-order valence-corrected chi connectivity index (χ0v) is 17.3. The molecular formula is C18H24IN3O2S. The average molecular weight is 473 g/mol. The third-order valence-electron chi connectivity index (χ3n) is 3.42. The standard InChI is InChI=1S/C18H23N3O2S.HI/c1-15-7-5-10-17(13-15)21-18(19)20-11-6-12-24(22,23)14-16-8-3-2-4-9-16;/h2-5,7-10,13H,6,11-12,14H2,1H3,(H3,19,20,21);1H. The molecule has 2 rings (SSSR count). The molecule has 0 atom stereocenters. The predicted octanol–water partition coefficient (Wildman–Crippen LogP) is 3.34. The Bertz CT molecular complexity index is 793. The molecule has 0 saturated heterocycles. The van der Waals surface area contributed by atoms with Gasteiger partial charge in [-0.2, -0.15) is 0 Å². The van der Waals surface area contributed by atoms with E-state index in [1.165, 1.54) is 0 Å². The molecule has 0 radical (unpaired) electrons. The van der Waals surface area contributed by atoms with Gasteiger partial charge in [-0.3, -0.25) is 4.99 Å². The third kappa shape index (κ3) is 8.35.